The summed E-state index contributed by atoms with van der Waals surface area (Å²) in [5.41, 5.74) is 2.92. The van der Waals surface area contributed by atoms with Gasteiger partial charge in [0.2, 0.25) is 0 Å². The molecule has 5 rings (SSSR count). The lowest BCUT2D eigenvalue weighted by atomic mass is 9.94. The van der Waals surface area contributed by atoms with E-state index in [1.165, 1.54) is 37.7 Å². The van der Waals surface area contributed by atoms with Crippen LogP contribution in [0.15, 0.2) is 53.4 Å². The predicted molar refractivity (Wildman–Crippen MR) is 123 cm³/mol. The second kappa shape index (κ2) is 8.32. The molecule has 5 nitrogen and oxygen atoms in total. The molecule has 0 spiro atoms. The van der Waals surface area contributed by atoms with Crippen LogP contribution in [0.25, 0.3) is 10.9 Å². The first-order chi connectivity index (χ1) is 15.1. The first kappa shape index (κ1) is 20.6. The second-order valence-electron chi connectivity index (χ2n) is 8.72. The van der Waals surface area contributed by atoms with Crippen molar-refractivity contribution in [2.45, 2.75) is 55.9 Å². The molecule has 6 heteroatoms. The summed E-state index contributed by atoms with van der Waals surface area (Å²) in [6.45, 7) is 1.92. The first-order valence-electron chi connectivity index (χ1n) is 11.3. The van der Waals surface area contributed by atoms with Crippen LogP contribution < -0.4 is 4.74 Å². The minimum Gasteiger partial charge on any atom is -0.497 e. The van der Waals surface area contributed by atoms with E-state index in [2.05, 4.69) is 11.0 Å². The summed E-state index contributed by atoms with van der Waals surface area (Å²) < 4.78 is 34.6. The Morgan fingerprint density at radius 3 is 2.52 bits per heavy atom. The highest BCUT2D eigenvalue weighted by atomic mass is 32.2. The van der Waals surface area contributed by atoms with Gasteiger partial charge in [-0.3, -0.25) is 4.90 Å². The number of para-hydroxylation sites is 1. The van der Waals surface area contributed by atoms with E-state index in [0.717, 1.165) is 42.5 Å². The molecule has 1 aliphatic carbocycles. The smallest absolute Gasteiger partial charge is 0.268 e. The van der Waals surface area contributed by atoms with Crippen LogP contribution in [0.2, 0.25) is 0 Å². The van der Waals surface area contributed by atoms with E-state index in [0.29, 0.717) is 11.8 Å². The molecule has 0 amide bonds. The van der Waals surface area contributed by atoms with Gasteiger partial charge in [-0.05, 0) is 43.0 Å². The normalized spacial score (nSPS) is 18.6. The van der Waals surface area contributed by atoms with Crippen LogP contribution in [0, 0.1) is 0 Å². The molecule has 1 aliphatic heterocycles. The Morgan fingerprint density at radius 2 is 1.71 bits per heavy atom. The first-order valence-corrected chi connectivity index (χ1v) is 12.8. The molecule has 0 atom stereocenters. The maximum atomic E-state index is 13.8. The summed E-state index contributed by atoms with van der Waals surface area (Å²) in [7, 11) is -2.18. The van der Waals surface area contributed by atoms with E-state index in [9.17, 15) is 8.42 Å². The molecule has 2 aliphatic rings. The van der Waals surface area contributed by atoms with Crippen molar-refractivity contribution < 1.29 is 13.2 Å². The second-order valence-corrected chi connectivity index (χ2v) is 10.5. The van der Waals surface area contributed by atoms with E-state index in [1.54, 1.807) is 35.3 Å². The van der Waals surface area contributed by atoms with Crippen LogP contribution in [-0.2, 0) is 22.9 Å². The van der Waals surface area contributed by atoms with Crippen LogP contribution in [0.1, 0.15) is 43.4 Å². The highest BCUT2D eigenvalue weighted by Crippen LogP contribution is 2.34. The SMILES string of the molecule is COc1cccc(S(=O)(=O)n2c3c(c4ccccc42)CCN(C2CCCCC2)CC3)c1. The van der Waals surface area contributed by atoms with Crippen molar-refractivity contribution in [3.05, 3.63) is 59.8 Å². The molecule has 0 N–H and O–H groups in total. The molecule has 0 radical (unpaired) electrons. The average molecular weight is 439 g/mol. The van der Waals surface area contributed by atoms with Crippen molar-refractivity contribution >= 4 is 20.9 Å². The molecule has 31 heavy (non-hydrogen) atoms. The number of benzene rings is 2. The molecule has 0 bridgehead atoms. The van der Waals surface area contributed by atoms with Crippen LogP contribution in [0.4, 0.5) is 0 Å². The third-order valence-electron chi connectivity index (χ3n) is 7.00. The Bertz CT molecular complexity index is 1190. The number of methoxy groups -OCH3 is 1. The summed E-state index contributed by atoms with van der Waals surface area (Å²) in [4.78, 5) is 2.87. The monoisotopic (exact) mass is 438 g/mol. The van der Waals surface area contributed by atoms with Gasteiger partial charge in [0.1, 0.15) is 5.75 Å². The molecule has 2 heterocycles. The van der Waals surface area contributed by atoms with Gasteiger partial charge in [-0.15, -0.1) is 0 Å². The van der Waals surface area contributed by atoms with Crippen molar-refractivity contribution in [2.24, 2.45) is 0 Å². The van der Waals surface area contributed by atoms with Gasteiger partial charge in [-0.1, -0.05) is 43.5 Å². The third kappa shape index (κ3) is 3.66. The number of rotatable bonds is 4. The van der Waals surface area contributed by atoms with Gasteiger partial charge in [0.05, 0.1) is 17.5 Å². The Morgan fingerprint density at radius 1 is 0.935 bits per heavy atom. The Hall–Kier alpha value is -2.31. The fourth-order valence-electron chi connectivity index (χ4n) is 5.43. The third-order valence-corrected chi connectivity index (χ3v) is 8.74. The summed E-state index contributed by atoms with van der Waals surface area (Å²) in [5, 5.41) is 1.06. The maximum absolute atomic E-state index is 13.8. The fraction of sp³-hybridized carbons (Fsp3) is 0.440. The van der Waals surface area contributed by atoms with Gasteiger partial charge in [-0.2, -0.15) is 0 Å². The Labute approximate surface area is 184 Å². The number of fused-ring (bicyclic) bond motifs is 3. The van der Waals surface area contributed by atoms with Gasteiger partial charge in [0.25, 0.3) is 10.0 Å². The number of hydrogen-bond donors (Lipinski definition) is 0. The lowest BCUT2D eigenvalue weighted by Crippen LogP contribution is -2.38. The quantitative estimate of drug-likeness (QED) is 0.596. The Balaban J connectivity index is 1.60. The molecule has 2 aromatic carbocycles. The number of ether oxygens (including phenoxy) is 1. The minimum atomic E-state index is -3.74. The lowest BCUT2D eigenvalue weighted by Gasteiger charge is -2.33. The minimum absolute atomic E-state index is 0.267. The summed E-state index contributed by atoms with van der Waals surface area (Å²) in [5.74, 6) is 0.548. The van der Waals surface area contributed by atoms with E-state index in [4.69, 9.17) is 4.74 Å². The van der Waals surface area contributed by atoms with Crippen molar-refractivity contribution in [1.82, 2.24) is 8.87 Å². The zero-order valence-electron chi connectivity index (χ0n) is 18.1. The standard InChI is InChI=1S/C25H30N2O3S/c1-30-20-10-7-11-21(18-20)31(28,29)27-24-13-6-5-12-22(24)23-14-16-26(17-15-25(23)27)19-8-3-2-4-9-19/h5-7,10-13,18-19H,2-4,8-9,14-17H2,1H3. The van der Waals surface area contributed by atoms with Crippen LogP contribution in [-0.4, -0.2) is 43.5 Å². The van der Waals surface area contributed by atoms with Crippen LogP contribution in [0.3, 0.4) is 0 Å². The Kier molecular flexibility index (Phi) is 5.52. The molecule has 3 aromatic rings. The predicted octanol–water partition coefficient (Wildman–Crippen LogP) is 4.62. The molecule has 0 unspecified atom stereocenters. The van der Waals surface area contributed by atoms with E-state index >= 15 is 0 Å². The van der Waals surface area contributed by atoms with Gasteiger partial charge in [0, 0.05) is 42.7 Å². The zero-order chi connectivity index (χ0) is 21.4. The highest BCUT2D eigenvalue weighted by molar-refractivity contribution is 7.90. The van der Waals surface area contributed by atoms with Crippen molar-refractivity contribution in [3.8, 4) is 5.75 Å². The molecule has 164 valence electrons. The zero-order valence-corrected chi connectivity index (χ0v) is 18.9. The lowest BCUT2D eigenvalue weighted by molar-refractivity contribution is 0.162. The largest absolute Gasteiger partial charge is 0.497 e. The number of nitrogens with zero attached hydrogens (tertiary/aromatic N) is 2. The molecule has 1 aromatic heterocycles. The van der Waals surface area contributed by atoms with Crippen LogP contribution in [0.5, 0.6) is 5.75 Å². The molecular weight excluding hydrogens is 408 g/mol. The number of hydrogen-bond acceptors (Lipinski definition) is 4. The topological polar surface area (TPSA) is 51.5 Å². The summed E-state index contributed by atoms with van der Waals surface area (Å²) in [6.07, 6.45) is 8.16. The fourth-order valence-corrected chi connectivity index (χ4v) is 7.07. The average Bonchev–Trinajstić information content (AvgIpc) is 2.98. The van der Waals surface area contributed by atoms with Crippen LogP contribution >= 0.6 is 0 Å². The van der Waals surface area contributed by atoms with E-state index in [-0.39, 0.29) is 4.90 Å². The highest BCUT2D eigenvalue weighted by Gasteiger charge is 2.30. The van der Waals surface area contributed by atoms with E-state index < -0.39 is 10.0 Å². The summed E-state index contributed by atoms with van der Waals surface area (Å²) in [6, 6.07) is 15.4. The molecule has 1 saturated carbocycles. The van der Waals surface area contributed by atoms with Gasteiger partial charge in [0.15, 0.2) is 0 Å². The molecule has 0 saturated heterocycles. The van der Waals surface area contributed by atoms with Crippen molar-refractivity contribution in [2.75, 3.05) is 20.2 Å². The number of aromatic nitrogens is 1. The van der Waals surface area contributed by atoms with Gasteiger partial charge in [-0.25, -0.2) is 12.4 Å². The maximum Gasteiger partial charge on any atom is 0.268 e. The molecule has 1 fully saturated rings. The summed E-state index contributed by atoms with van der Waals surface area (Å²) >= 11 is 0. The van der Waals surface area contributed by atoms with Gasteiger partial charge >= 0.3 is 0 Å². The van der Waals surface area contributed by atoms with Gasteiger partial charge < -0.3 is 4.74 Å². The van der Waals surface area contributed by atoms with E-state index in [1.807, 2.05) is 18.2 Å². The van der Waals surface area contributed by atoms with Crippen molar-refractivity contribution in [3.63, 3.8) is 0 Å². The molecular formula is C25H30N2O3S. The van der Waals surface area contributed by atoms with Crippen molar-refractivity contribution in [1.29, 1.82) is 0 Å².